The molecular formula is C16H19NO2. The maximum absolute atomic E-state index is 12.1. The molecule has 0 spiro atoms. The van der Waals surface area contributed by atoms with Gasteiger partial charge in [0.2, 0.25) is 0 Å². The quantitative estimate of drug-likeness (QED) is 0.810. The summed E-state index contributed by atoms with van der Waals surface area (Å²) >= 11 is 0. The SMILES string of the molecule is CC(NC(=O)c1cccc(C#CCCO)c1)C1CC1. The Morgan fingerprint density at radius 1 is 1.53 bits per heavy atom. The lowest BCUT2D eigenvalue weighted by Crippen LogP contribution is -2.33. The smallest absolute Gasteiger partial charge is 0.251 e. The van der Waals surface area contributed by atoms with Crippen molar-refractivity contribution in [2.45, 2.75) is 32.2 Å². The van der Waals surface area contributed by atoms with Crippen molar-refractivity contribution in [3.8, 4) is 11.8 Å². The number of carbonyl (C=O) groups excluding carboxylic acids is 1. The molecule has 100 valence electrons. The Bertz CT molecular complexity index is 509. The Morgan fingerprint density at radius 2 is 2.32 bits per heavy atom. The zero-order valence-electron chi connectivity index (χ0n) is 11.1. The Labute approximate surface area is 114 Å². The lowest BCUT2D eigenvalue weighted by molar-refractivity contribution is 0.0936. The highest BCUT2D eigenvalue weighted by molar-refractivity contribution is 5.94. The first-order valence-corrected chi connectivity index (χ1v) is 6.71. The summed E-state index contributed by atoms with van der Waals surface area (Å²) in [7, 11) is 0. The van der Waals surface area contributed by atoms with Crippen molar-refractivity contribution in [2.75, 3.05) is 6.61 Å². The molecule has 1 aromatic rings. The Balaban J connectivity index is 2.01. The van der Waals surface area contributed by atoms with E-state index in [9.17, 15) is 4.79 Å². The molecule has 1 saturated carbocycles. The van der Waals surface area contributed by atoms with Crippen LogP contribution in [0.5, 0.6) is 0 Å². The summed E-state index contributed by atoms with van der Waals surface area (Å²) in [5.74, 6) is 6.41. The molecule has 0 aliphatic heterocycles. The number of hydrogen-bond donors (Lipinski definition) is 2. The second kappa shape index (κ2) is 6.40. The summed E-state index contributed by atoms with van der Waals surface area (Å²) in [4.78, 5) is 12.1. The van der Waals surface area contributed by atoms with Crippen LogP contribution in [0.1, 0.15) is 42.1 Å². The van der Waals surface area contributed by atoms with Gasteiger partial charge in [-0.15, -0.1) is 0 Å². The fourth-order valence-electron chi connectivity index (χ4n) is 1.96. The van der Waals surface area contributed by atoms with Gasteiger partial charge in [-0.25, -0.2) is 0 Å². The molecule has 1 aliphatic carbocycles. The largest absolute Gasteiger partial charge is 0.395 e. The lowest BCUT2D eigenvalue weighted by atomic mass is 10.1. The van der Waals surface area contributed by atoms with Crippen LogP contribution >= 0.6 is 0 Å². The van der Waals surface area contributed by atoms with Gasteiger partial charge in [0.25, 0.3) is 5.91 Å². The molecule has 0 aromatic heterocycles. The van der Waals surface area contributed by atoms with Crippen molar-refractivity contribution in [1.82, 2.24) is 5.32 Å². The van der Waals surface area contributed by atoms with Gasteiger partial charge in [0.1, 0.15) is 0 Å². The summed E-state index contributed by atoms with van der Waals surface area (Å²) in [5.41, 5.74) is 1.45. The number of aliphatic hydroxyl groups excluding tert-OH is 1. The number of amides is 1. The average Bonchev–Trinajstić information content (AvgIpc) is 3.23. The van der Waals surface area contributed by atoms with Crippen LogP contribution in [-0.4, -0.2) is 23.7 Å². The van der Waals surface area contributed by atoms with E-state index in [-0.39, 0.29) is 18.6 Å². The molecule has 1 atom stereocenters. The van der Waals surface area contributed by atoms with Gasteiger partial charge in [-0.3, -0.25) is 4.79 Å². The highest BCUT2D eigenvalue weighted by Gasteiger charge is 2.28. The van der Waals surface area contributed by atoms with E-state index in [1.165, 1.54) is 12.8 Å². The molecule has 0 saturated heterocycles. The average molecular weight is 257 g/mol. The lowest BCUT2D eigenvalue weighted by Gasteiger charge is -2.12. The van der Waals surface area contributed by atoms with Crippen LogP contribution in [-0.2, 0) is 0 Å². The first-order valence-electron chi connectivity index (χ1n) is 6.71. The highest BCUT2D eigenvalue weighted by atomic mass is 16.2. The maximum atomic E-state index is 12.1. The summed E-state index contributed by atoms with van der Waals surface area (Å²) in [5, 5.41) is 11.7. The molecule has 3 heteroatoms. The maximum Gasteiger partial charge on any atom is 0.251 e. The van der Waals surface area contributed by atoms with E-state index in [0.29, 0.717) is 17.9 Å². The second-order valence-corrected chi connectivity index (χ2v) is 4.96. The fraction of sp³-hybridized carbons (Fsp3) is 0.438. The van der Waals surface area contributed by atoms with Crippen LogP contribution in [0.15, 0.2) is 24.3 Å². The van der Waals surface area contributed by atoms with Crippen molar-refractivity contribution in [2.24, 2.45) is 5.92 Å². The van der Waals surface area contributed by atoms with Gasteiger partial charge in [0, 0.05) is 23.6 Å². The Kier molecular flexibility index (Phi) is 4.59. The Morgan fingerprint density at radius 3 is 3.00 bits per heavy atom. The molecule has 1 amide bonds. The van der Waals surface area contributed by atoms with Gasteiger partial charge >= 0.3 is 0 Å². The van der Waals surface area contributed by atoms with Gasteiger partial charge in [0.05, 0.1) is 6.61 Å². The topological polar surface area (TPSA) is 49.3 Å². The molecule has 1 fully saturated rings. The minimum absolute atomic E-state index is 0.0368. The third kappa shape index (κ3) is 4.11. The highest BCUT2D eigenvalue weighted by Crippen LogP contribution is 2.32. The van der Waals surface area contributed by atoms with Gasteiger partial charge < -0.3 is 10.4 Å². The molecule has 2 N–H and O–H groups in total. The standard InChI is InChI=1S/C16H19NO2/c1-12(14-8-9-14)17-16(19)15-7-4-6-13(11-15)5-2-3-10-18/h4,6-7,11-12,14,18H,3,8-10H2,1H3,(H,17,19). The van der Waals surface area contributed by atoms with E-state index >= 15 is 0 Å². The molecule has 3 nitrogen and oxygen atoms in total. The van der Waals surface area contributed by atoms with Crippen LogP contribution in [0.2, 0.25) is 0 Å². The van der Waals surface area contributed by atoms with E-state index in [1.54, 1.807) is 12.1 Å². The Hall–Kier alpha value is -1.79. The van der Waals surface area contributed by atoms with Gasteiger partial charge in [0.15, 0.2) is 0 Å². The van der Waals surface area contributed by atoms with Crippen LogP contribution in [0.3, 0.4) is 0 Å². The number of nitrogens with one attached hydrogen (secondary N) is 1. The van der Waals surface area contributed by atoms with Gasteiger partial charge in [-0.2, -0.15) is 0 Å². The number of benzene rings is 1. The van der Waals surface area contributed by atoms with E-state index in [0.717, 1.165) is 5.56 Å². The van der Waals surface area contributed by atoms with Crippen molar-refractivity contribution in [3.63, 3.8) is 0 Å². The van der Waals surface area contributed by atoms with E-state index in [1.807, 2.05) is 12.1 Å². The van der Waals surface area contributed by atoms with Crippen LogP contribution in [0.4, 0.5) is 0 Å². The molecule has 0 bridgehead atoms. The molecule has 2 rings (SSSR count). The van der Waals surface area contributed by atoms with Gasteiger partial charge in [-0.1, -0.05) is 17.9 Å². The number of carbonyl (C=O) groups is 1. The predicted molar refractivity (Wildman–Crippen MR) is 74.7 cm³/mol. The minimum atomic E-state index is -0.0368. The summed E-state index contributed by atoms with van der Waals surface area (Å²) in [6.45, 7) is 2.12. The number of hydrogen-bond acceptors (Lipinski definition) is 2. The predicted octanol–water partition coefficient (Wildman–Crippen LogP) is 1.95. The van der Waals surface area contributed by atoms with E-state index in [4.69, 9.17) is 5.11 Å². The first kappa shape index (κ1) is 13.6. The third-order valence-electron chi connectivity index (χ3n) is 3.28. The zero-order chi connectivity index (χ0) is 13.7. The van der Waals surface area contributed by atoms with E-state index < -0.39 is 0 Å². The molecule has 1 aromatic carbocycles. The van der Waals surface area contributed by atoms with E-state index in [2.05, 4.69) is 24.1 Å². The van der Waals surface area contributed by atoms with Crippen LogP contribution < -0.4 is 5.32 Å². The summed E-state index contributed by atoms with van der Waals surface area (Å²) in [6.07, 6.45) is 2.89. The molecule has 1 aliphatic rings. The monoisotopic (exact) mass is 257 g/mol. The van der Waals surface area contributed by atoms with Crippen molar-refractivity contribution in [1.29, 1.82) is 0 Å². The molecule has 0 radical (unpaired) electrons. The van der Waals surface area contributed by atoms with Crippen molar-refractivity contribution in [3.05, 3.63) is 35.4 Å². The number of aliphatic hydroxyl groups is 1. The normalized spacial score (nSPS) is 15.3. The molecular weight excluding hydrogens is 238 g/mol. The number of rotatable bonds is 4. The first-order chi connectivity index (χ1) is 9.20. The molecule has 19 heavy (non-hydrogen) atoms. The second-order valence-electron chi connectivity index (χ2n) is 4.96. The fourth-order valence-corrected chi connectivity index (χ4v) is 1.96. The van der Waals surface area contributed by atoms with Gasteiger partial charge in [-0.05, 0) is 43.9 Å². The van der Waals surface area contributed by atoms with Crippen molar-refractivity contribution < 1.29 is 9.90 Å². The molecule has 1 unspecified atom stereocenters. The van der Waals surface area contributed by atoms with Crippen LogP contribution in [0, 0.1) is 17.8 Å². The van der Waals surface area contributed by atoms with Crippen LogP contribution in [0.25, 0.3) is 0 Å². The molecule has 0 heterocycles. The summed E-state index contributed by atoms with van der Waals surface area (Å²) < 4.78 is 0. The third-order valence-corrected chi connectivity index (χ3v) is 3.28. The van der Waals surface area contributed by atoms with Crippen molar-refractivity contribution >= 4 is 5.91 Å². The summed E-state index contributed by atoms with van der Waals surface area (Å²) in [6, 6.07) is 7.54. The zero-order valence-corrected chi connectivity index (χ0v) is 11.1. The minimum Gasteiger partial charge on any atom is -0.395 e.